The van der Waals surface area contributed by atoms with E-state index in [1.807, 2.05) is 24.3 Å². The zero-order valence-electron chi connectivity index (χ0n) is 17.4. The third-order valence-corrected chi connectivity index (χ3v) is 5.83. The van der Waals surface area contributed by atoms with E-state index < -0.39 is 0 Å². The van der Waals surface area contributed by atoms with Gasteiger partial charge in [-0.1, -0.05) is 30.3 Å². The molecule has 158 valence electrons. The Morgan fingerprint density at radius 1 is 1.06 bits per heavy atom. The number of carbonyl (C=O) groups excluding carboxylic acids is 1. The molecule has 1 aromatic carbocycles. The van der Waals surface area contributed by atoms with Crippen molar-refractivity contribution in [2.45, 2.75) is 13.0 Å². The van der Waals surface area contributed by atoms with Crippen LogP contribution >= 0.6 is 0 Å². The number of carbonyl (C=O) groups is 1. The summed E-state index contributed by atoms with van der Waals surface area (Å²) in [5.74, 6) is -0.00464. The third-order valence-electron chi connectivity index (χ3n) is 5.83. The Bertz CT molecular complexity index is 1090. The van der Waals surface area contributed by atoms with Crippen molar-refractivity contribution < 1.29 is 9.53 Å². The maximum Gasteiger partial charge on any atom is 0.253 e. The molecule has 4 heterocycles. The lowest BCUT2D eigenvalue weighted by molar-refractivity contribution is 0.0342. The van der Waals surface area contributed by atoms with Gasteiger partial charge in [-0.15, -0.1) is 0 Å². The molecule has 2 aliphatic rings. The van der Waals surface area contributed by atoms with E-state index in [4.69, 9.17) is 4.74 Å². The van der Waals surface area contributed by atoms with Crippen molar-refractivity contribution in [1.82, 2.24) is 20.2 Å². The summed E-state index contributed by atoms with van der Waals surface area (Å²) >= 11 is 0. The van der Waals surface area contributed by atoms with Crippen LogP contribution in [-0.4, -0.2) is 53.6 Å². The molecule has 0 bridgehead atoms. The first-order chi connectivity index (χ1) is 15.2. The van der Waals surface area contributed by atoms with E-state index in [1.165, 1.54) is 5.56 Å². The van der Waals surface area contributed by atoms with Crippen LogP contribution in [0.1, 0.15) is 32.9 Å². The van der Waals surface area contributed by atoms with Crippen molar-refractivity contribution >= 4 is 18.1 Å². The molecule has 3 aromatic rings. The first kappa shape index (κ1) is 19.7. The second kappa shape index (κ2) is 8.88. The maximum absolute atomic E-state index is 12.0. The number of rotatable bonds is 5. The molecule has 6 nitrogen and oxygen atoms in total. The topological polar surface area (TPSA) is 70.2 Å². The molecule has 2 aromatic heterocycles. The van der Waals surface area contributed by atoms with Gasteiger partial charge in [-0.3, -0.25) is 14.7 Å². The van der Waals surface area contributed by atoms with Crippen LogP contribution in [0.15, 0.2) is 48.7 Å². The molecular formula is C25H26N4O2. The Labute approximate surface area is 182 Å². The van der Waals surface area contributed by atoms with Gasteiger partial charge < -0.3 is 15.0 Å². The summed E-state index contributed by atoms with van der Waals surface area (Å²) in [7, 11) is 0. The van der Waals surface area contributed by atoms with E-state index in [-0.39, 0.29) is 5.91 Å². The minimum absolute atomic E-state index is 0.00464. The first-order valence-corrected chi connectivity index (χ1v) is 10.8. The highest BCUT2D eigenvalue weighted by Crippen LogP contribution is 2.24. The number of hydrogen-bond acceptors (Lipinski definition) is 4. The summed E-state index contributed by atoms with van der Waals surface area (Å²) < 4.78 is 5.42. The second-order valence-electron chi connectivity index (χ2n) is 8.01. The van der Waals surface area contributed by atoms with E-state index in [9.17, 15) is 4.79 Å². The van der Waals surface area contributed by atoms with Gasteiger partial charge in [0.25, 0.3) is 5.91 Å². The Morgan fingerprint density at radius 3 is 2.71 bits per heavy atom. The fraction of sp³-hybridized carbons (Fsp3) is 0.280. The number of pyridine rings is 1. The number of benzene rings is 1. The largest absolute Gasteiger partial charge is 0.379 e. The lowest BCUT2D eigenvalue weighted by Gasteiger charge is -2.26. The molecule has 0 aliphatic carbocycles. The molecule has 0 radical (unpaired) electrons. The normalized spacial score (nSPS) is 17.0. The number of amides is 1. The molecule has 6 heteroatoms. The van der Waals surface area contributed by atoms with E-state index in [0.717, 1.165) is 73.0 Å². The highest BCUT2D eigenvalue weighted by atomic mass is 16.5. The quantitative estimate of drug-likeness (QED) is 0.672. The summed E-state index contributed by atoms with van der Waals surface area (Å²) in [6.07, 6.45) is 6.74. The van der Waals surface area contributed by atoms with Crippen LogP contribution in [0.4, 0.5) is 0 Å². The summed E-state index contributed by atoms with van der Waals surface area (Å²) in [4.78, 5) is 22.3. The molecule has 0 unspecified atom stereocenters. The molecule has 0 saturated carbocycles. The Kier molecular flexibility index (Phi) is 5.65. The highest BCUT2D eigenvalue weighted by molar-refractivity contribution is 5.97. The van der Waals surface area contributed by atoms with Gasteiger partial charge >= 0.3 is 0 Å². The minimum atomic E-state index is -0.00464. The van der Waals surface area contributed by atoms with Gasteiger partial charge in [0.05, 0.1) is 24.5 Å². The molecule has 5 rings (SSSR count). The van der Waals surface area contributed by atoms with Gasteiger partial charge in [-0.2, -0.15) is 0 Å². The van der Waals surface area contributed by atoms with Gasteiger partial charge in [0.15, 0.2) is 0 Å². The number of nitrogens with zero attached hydrogens (tertiary/aromatic N) is 2. The van der Waals surface area contributed by atoms with Crippen LogP contribution in [0.3, 0.4) is 0 Å². The zero-order chi connectivity index (χ0) is 21.0. The third kappa shape index (κ3) is 4.60. The van der Waals surface area contributed by atoms with Gasteiger partial charge in [-0.05, 0) is 35.4 Å². The second-order valence-corrected chi connectivity index (χ2v) is 8.01. The van der Waals surface area contributed by atoms with Crippen LogP contribution in [0.25, 0.3) is 23.4 Å². The van der Waals surface area contributed by atoms with Crippen LogP contribution in [0.5, 0.6) is 0 Å². The lowest BCUT2D eigenvalue weighted by atomic mass is 10.1. The molecule has 1 saturated heterocycles. The van der Waals surface area contributed by atoms with Gasteiger partial charge in [-0.25, -0.2) is 0 Å². The first-order valence-electron chi connectivity index (χ1n) is 10.8. The lowest BCUT2D eigenvalue weighted by Crippen LogP contribution is -2.35. The highest BCUT2D eigenvalue weighted by Gasteiger charge is 2.19. The van der Waals surface area contributed by atoms with Crippen molar-refractivity contribution in [3.05, 3.63) is 76.7 Å². The predicted molar refractivity (Wildman–Crippen MR) is 122 cm³/mol. The number of H-pyrrole nitrogens is 1. The summed E-state index contributed by atoms with van der Waals surface area (Å²) in [5.41, 5.74) is 7.07. The number of hydrogen-bond donors (Lipinski definition) is 2. The number of aromatic amines is 1. The van der Waals surface area contributed by atoms with Gasteiger partial charge in [0, 0.05) is 55.7 Å². The molecule has 0 atom stereocenters. The number of ether oxygens (including phenoxy) is 1. The monoisotopic (exact) mass is 414 g/mol. The van der Waals surface area contributed by atoms with E-state index in [2.05, 4.69) is 50.5 Å². The van der Waals surface area contributed by atoms with Crippen LogP contribution < -0.4 is 5.32 Å². The SMILES string of the molecule is O=C1NCCc2[nH]c(-c3ccnc(/C=C/c4ccc(CN5CCOCC5)cc4)c3)cc21. The molecule has 0 spiro atoms. The Balaban J connectivity index is 1.28. The molecule has 31 heavy (non-hydrogen) atoms. The summed E-state index contributed by atoms with van der Waals surface area (Å²) in [6.45, 7) is 5.29. The van der Waals surface area contributed by atoms with E-state index in [0.29, 0.717) is 6.54 Å². The van der Waals surface area contributed by atoms with E-state index >= 15 is 0 Å². The molecule has 2 N–H and O–H groups in total. The van der Waals surface area contributed by atoms with Crippen molar-refractivity contribution in [3.63, 3.8) is 0 Å². The molecule has 1 fully saturated rings. The summed E-state index contributed by atoms with van der Waals surface area (Å²) in [6, 6.07) is 14.6. The van der Waals surface area contributed by atoms with Crippen LogP contribution in [0.2, 0.25) is 0 Å². The number of fused-ring (bicyclic) bond motifs is 1. The number of aromatic nitrogens is 2. The number of morpholine rings is 1. The zero-order valence-corrected chi connectivity index (χ0v) is 17.4. The average molecular weight is 415 g/mol. The van der Waals surface area contributed by atoms with Crippen LogP contribution in [-0.2, 0) is 17.7 Å². The van der Waals surface area contributed by atoms with Crippen molar-refractivity contribution in [2.24, 2.45) is 0 Å². The summed E-state index contributed by atoms with van der Waals surface area (Å²) in [5, 5.41) is 2.89. The van der Waals surface area contributed by atoms with E-state index in [1.54, 1.807) is 6.20 Å². The number of nitrogens with one attached hydrogen (secondary N) is 2. The van der Waals surface area contributed by atoms with Crippen molar-refractivity contribution in [2.75, 3.05) is 32.8 Å². The fourth-order valence-electron chi connectivity index (χ4n) is 4.09. The smallest absolute Gasteiger partial charge is 0.253 e. The Morgan fingerprint density at radius 2 is 1.90 bits per heavy atom. The fourth-order valence-corrected chi connectivity index (χ4v) is 4.09. The standard InChI is InChI=1S/C25H26N4O2/c30-25-22-16-24(28-23(22)8-10-27-25)20-7-9-26-21(15-20)6-5-18-1-3-19(4-2-18)17-29-11-13-31-14-12-29/h1-7,9,15-16,28H,8,10-14,17H2,(H,27,30)/b6-5+. The average Bonchev–Trinajstić information content (AvgIpc) is 3.26. The van der Waals surface area contributed by atoms with Crippen molar-refractivity contribution in [3.8, 4) is 11.3 Å². The van der Waals surface area contributed by atoms with Crippen LogP contribution in [0, 0.1) is 0 Å². The molecule has 1 amide bonds. The van der Waals surface area contributed by atoms with Crippen molar-refractivity contribution in [1.29, 1.82) is 0 Å². The van der Waals surface area contributed by atoms with Gasteiger partial charge in [0.2, 0.25) is 0 Å². The maximum atomic E-state index is 12.0. The minimum Gasteiger partial charge on any atom is -0.379 e. The predicted octanol–water partition coefficient (Wildman–Crippen LogP) is 3.37. The molecule has 2 aliphatic heterocycles. The molecular weight excluding hydrogens is 388 g/mol. The van der Waals surface area contributed by atoms with Gasteiger partial charge in [0.1, 0.15) is 0 Å². The Hall–Kier alpha value is -3.22.